The molecule has 202 valence electrons. The number of hydrogen-bond acceptors (Lipinski definition) is 4. The van der Waals surface area contributed by atoms with E-state index in [9.17, 15) is 0 Å². The van der Waals surface area contributed by atoms with Gasteiger partial charge in [0.05, 0.1) is 22.4 Å². The summed E-state index contributed by atoms with van der Waals surface area (Å²) in [5.74, 6) is 0. The zero-order valence-corrected chi connectivity index (χ0v) is 24.8. The first-order chi connectivity index (χ1) is 18.2. The van der Waals surface area contributed by atoms with Gasteiger partial charge in [-0.25, -0.2) is 0 Å². The van der Waals surface area contributed by atoms with Crippen LogP contribution in [0, 0.1) is 6.92 Å². The number of hydrogen-bond donors (Lipinski definition) is 0. The molecule has 0 bridgehead atoms. The van der Waals surface area contributed by atoms with Crippen LogP contribution in [-0.2, 0) is 18.6 Å². The smallest absolute Gasteiger partial charge is 0.399 e. The summed E-state index contributed by atoms with van der Waals surface area (Å²) in [4.78, 5) is 0. The average molecular weight is 522 g/mol. The number of rotatable bonds is 5. The van der Waals surface area contributed by atoms with Gasteiger partial charge in [-0.2, -0.15) is 0 Å². The molecule has 0 N–H and O–H groups in total. The lowest BCUT2D eigenvalue weighted by molar-refractivity contribution is 0.00578. The van der Waals surface area contributed by atoms with Gasteiger partial charge in [-0.3, -0.25) is 0 Å². The molecule has 2 saturated heterocycles. The van der Waals surface area contributed by atoms with E-state index in [-0.39, 0.29) is 36.6 Å². The molecule has 4 nitrogen and oxygen atoms in total. The standard InChI is InChI=1S/C33H40B2O4/c1-23-10-12-24(13-11-23)22-29(25-14-18-27(19-15-25)34-36-30(2,3)31(4,5)37-34)26-16-20-28(21-17-26)35-38-32(6,7)33(8,9)39-35/h10-22H,1-9H3. The summed E-state index contributed by atoms with van der Waals surface area (Å²) in [7, 11) is -0.763. The fourth-order valence-electron chi connectivity index (χ4n) is 4.76. The lowest BCUT2D eigenvalue weighted by atomic mass is 9.77. The molecule has 2 heterocycles. The van der Waals surface area contributed by atoms with Crippen molar-refractivity contribution in [1.29, 1.82) is 0 Å². The summed E-state index contributed by atoms with van der Waals surface area (Å²) in [6, 6.07) is 25.7. The minimum absolute atomic E-state index is 0.369. The minimum Gasteiger partial charge on any atom is -0.399 e. The molecule has 0 spiro atoms. The summed E-state index contributed by atoms with van der Waals surface area (Å²) in [5.41, 5.74) is 6.34. The topological polar surface area (TPSA) is 36.9 Å². The highest BCUT2D eigenvalue weighted by Gasteiger charge is 2.52. The Morgan fingerprint density at radius 3 is 1.18 bits per heavy atom. The first-order valence-electron chi connectivity index (χ1n) is 13.9. The Hall–Kier alpha value is -2.63. The second-order valence-corrected chi connectivity index (χ2v) is 12.9. The van der Waals surface area contributed by atoms with E-state index in [1.165, 1.54) is 5.56 Å². The molecule has 0 radical (unpaired) electrons. The Balaban J connectivity index is 1.46. The molecule has 0 unspecified atom stereocenters. The van der Waals surface area contributed by atoms with Crippen molar-refractivity contribution in [2.45, 2.75) is 84.7 Å². The molecule has 0 amide bonds. The van der Waals surface area contributed by atoms with Crippen LogP contribution >= 0.6 is 0 Å². The summed E-state index contributed by atoms with van der Waals surface area (Å²) in [5, 5.41) is 0. The zero-order chi connectivity index (χ0) is 28.2. The highest BCUT2D eigenvalue weighted by Crippen LogP contribution is 2.38. The normalized spacial score (nSPS) is 20.7. The lowest BCUT2D eigenvalue weighted by Crippen LogP contribution is -2.41. The van der Waals surface area contributed by atoms with Crippen LogP contribution in [0.4, 0.5) is 0 Å². The van der Waals surface area contributed by atoms with E-state index < -0.39 is 0 Å². The SMILES string of the molecule is Cc1ccc(C=C(c2ccc(B3OC(C)(C)C(C)(C)O3)cc2)c2ccc(B3OC(C)(C)C(C)(C)O3)cc2)cc1. The van der Waals surface area contributed by atoms with Gasteiger partial charge in [-0.05, 0) is 102 Å². The van der Waals surface area contributed by atoms with Gasteiger partial charge >= 0.3 is 14.2 Å². The Bertz CT molecular complexity index is 1240. The van der Waals surface area contributed by atoms with Crippen molar-refractivity contribution < 1.29 is 18.6 Å². The molecule has 0 saturated carbocycles. The maximum Gasteiger partial charge on any atom is 0.494 e. The molecular weight excluding hydrogens is 482 g/mol. The number of aryl methyl sites for hydroxylation is 1. The molecule has 39 heavy (non-hydrogen) atoms. The monoisotopic (exact) mass is 522 g/mol. The van der Waals surface area contributed by atoms with Gasteiger partial charge in [0.1, 0.15) is 0 Å². The van der Waals surface area contributed by atoms with E-state index in [1.54, 1.807) is 0 Å². The molecule has 3 aromatic rings. The fourth-order valence-corrected chi connectivity index (χ4v) is 4.76. The Morgan fingerprint density at radius 1 is 0.513 bits per heavy atom. The molecule has 2 fully saturated rings. The van der Waals surface area contributed by atoms with Crippen LogP contribution < -0.4 is 10.9 Å². The molecule has 0 atom stereocenters. The Kier molecular flexibility index (Phi) is 7.00. The van der Waals surface area contributed by atoms with E-state index >= 15 is 0 Å². The molecule has 0 aliphatic carbocycles. The van der Waals surface area contributed by atoms with Crippen molar-refractivity contribution >= 4 is 36.8 Å². The van der Waals surface area contributed by atoms with Crippen molar-refractivity contribution in [3.8, 4) is 0 Å². The van der Waals surface area contributed by atoms with Crippen molar-refractivity contribution in [1.82, 2.24) is 0 Å². The highest BCUT2D eigenvalue weighted by atomic mass is 16.7. The third-order valence-electron chi connectivity index (χ3n) is 8.88. The quantitative estimate of drug-likeness (QED) is 0.296. The van der Waals surface area contributed by atoms with Crippen LogP contribution in [0.2, 0.25) is 0 Å². The molecular formula is C33H40B2O4. The fraction of sp³-hybridized carbons (Fsp3) is 0.394. The van der Waals surface area contributed by atoms with Gasteiger partial charge < -0.3 is 18.6 Å². The van der Waals surface area contributed by atoms with E-state index in [4.69, 9.17) is 18.6 Å². The molecule has 6 heteroatoms. The predicted molar refractivity (Wildman–Crippen MR) is 162 cm³/mol. The van der Waals surface area contributed by atoms with E-state index in [0.717, 1.165) is 33.2 Å². The zero-order valence-electron chi connectivity index (χ0n) is 24.8. The van der Waals surface area contributed by atoms with Crippen LogP contribution in [0.3, 0.4) is 0 Å². The summed E-state index contributed by atoms with van der Waals surface area (Å²) < 4.78 is 25.1. The van der Waals surface area contributed by atoms with Gasteiger partial charge in [0, 0.05) is 0 Å². The Labute approximate surface area is 235 Å². The first kappa shape index (κ1) is 27.9. The van der Waals surface area contributed by atoms with Gasteiger partial charge in [-0.15, -0.1) is 0 Å². The third kappa shape index (κ3) is 5.40. The maximum absolute atomic E-state index is 6.27. The van der Waals surface area contributed by atoms with E-state index in [2.05, 4.69) is 141 Å². The maximum atomic E-state index is 6.27. The molecule has 0 aromatic heterocycles. The molecule has 5 rings (SSSR count). The van der Waals surface area contributed by atoms with Crippen LogP contribution in [0.25, 0.3) is 11.6 Å². The highest BCUT2D eigenvalue weighted by molar-refractivity contribution is 6.62. The summed E-state index contributed by atoms with van der Waals surface area (Å²) >= 11 is 0. The minimum atomic E-state index is -0.382. The molecule has 3 aromatic carbocycles. The van der Waals surface area contributed by atoms with Crippen LogP contribution in [0.15, 0.2) is 72.8 Å². The molecule has 2 aliphatic rings. The van der Waals surface area contributed by atoms with E-state index in [0.29, 0.717) is 0 Å². The number of benzene rings is 3. The summed E-state index contributed by atoms with van der Waals surface area (Å²) in [6.45, 7) is 18.8. The average Bonchev–Trinajstić information content (AvgIpc) is 3.23. The second kappa shape index (κ2) is 9.78. The van der Waals surface area contributed by atoms with Crippen LogP contribution in [-0.4, -0.2) is 36.6 Å². The van der Waals surface area contributed by atoms with Gasteiger partial charge in [0.25, 0.3) is 0 Å². The lowest BCUT2D eigenvalue weighted by Gasteiger charge is -2.32. The van der Waals surface area contributed by atoms with Gasteiger partial charge in [0.2, 0.25) is 0 Å². The van der Waals surface area contributed by atoms with Crippen molar-refractivity contribution in [3.63, 3.8) is 0 Å². The van der Waals surface area contributed by atoms with Crippen molar-refractivity contribution in [2.75, 3.05) is 0 Å². The molecule has 2 aliphatic heterocycles. The summed E-state index contributed by atoms with van der Waals surface area (Å²) in [6.07, 6.45) is 2.24. The van der Waals surface area contributed by atoms with E-state index in [1.807, 2.05) is 0 Å². The van der Waals surface area contributed by atoms with Crippen molar-refractivity contribution in [3.05, 3.63) is 95.1 Å². The van der Waals surface area contributed by atoms with Gasteiger partial charge in [0.15, 0.2) is 0 Å². The second-order valence-electron chi connectivity index (χ2n) is 12.9. The van der Waals surface area contributed by atoms with Crippen LogP contribution in [0.1, 0.15) is 77.6 Å². The van der Waals surface area contributed by atoms with Crippen LogP contribution in [0.5, 0.6) is 0 Å². The first-order valence-corrected chi connectivity index (χ1v) is 13.9. The van der Waals surface area contributed by atoms with Gasteiger partial charge in [-0.1, -0.05) is 78.4 Å². The predicted octanol–water partition coefficient (Wildman–Crippen LogP) is 6.18. The largest absolute Gasteiger partial charge is 0.494 e. The Morgan fingerprint density at radius 2 is 0.846 bits per heavy atom. The van der Waals surface area contributed by atoms with Crippen molar-refractivity contribution in [2.24, 2.45) is 0 Å². The third-order valence-corrected chi connectivity index (χ3v) is 8.88.